The lowest BCUT2D eigenvalue weighted by Crippen LogP contribution is -2.39. The van der Waals surface area contributed by atoms with Crippen LogP contribution in [0.5, 0.6) is 0 Å². The number of fused-ring (bicyclic) bond motifs is 1. The highest BCUT2D eigenvalue weighted by Gasteiger charge is 2.25. The fourth-order valence-electron chi connectivity index (χ4n) is 3.84. The molecule has 1 amide bonds. The standard InChI is InChI=1S/C24H31ClN4O/c1-17(2)13-19(18-7-6-10-26-14-18)16-29(12-11-28(3)4)24(30)20-15-27-22-9-5-8-21(25)23(20)22/h5-10,14-15,17,19,27H,11-13,16H2,1-4H3. The number of nitrogens with one attached hydrogen (secondary N) is 1. The molecule has 1 N–H and O–H groups in total. The highest BCUT2D eigenvalue weighted by Crippen LogP contribution is 2.29. The highest BCUT2D eigenvalue weighted by atomic mass is 35.5. The largest absolute Gasteiger partial charge is 0.360 e. The number of rotatable bonds is 9. The second-order valence-corrected chi connectivity index (χ2v) is 8.94. The quantitative estimate of drug-likeness (QED) is 0.520. The first-order chi connectivity index (χ1) is 14.4. The summed E-state index contributed by atoms with van der Waals surface area (Å²) >= 11 is 6.44. The van der Waals surface area contributed by atoms with Crippen LogP contribution in [0.4, 0.5) is 0 Å². The number of hydrogen-bond donors (Lipinski definition) is 1. The van der Waals surface area contributed by atoms with Crippen molar-refractivity contribution >= 4 is 28.4 Å². The SMILES string of the molecule is CC(C)CC(CN(CCN(C)C)C(=O)c1c[nH]c2cccc(Cl)c12)c1cccnc1. The Bertz CT molecular complexity index is 968. The predicted octanol–water partition coefficient (Wildman–Crippen LogP) is 5.05. The zero-order chi connectivity index (χ0) is 21.7. The van der Waals surface area contributed by atoms with Crippen LogP contribution in [0, 0.1) is 5.92 Å². The summed E-state index contributed by atoms with van der Waals surface area (Å²) < 4.78 is 0. The van der Waals surface area contributed by atoms with Crippen LogP contribution in [0.2, 0.25) is 5.02 Å². The van der Waals surface area contributed by atoms with Crippen LogP contribution in [-0.2, 0) is 0 Å². The van der Waals surface area contributed by atoms with Crippen molar-refractivity contribution in [1.29, 1.82) is 0 Å². The van der Waals surface area contributed by atoms with Gasteiger partial charge in [-0.05, 0) is 50.2 Å². The van der Waals surface area contributed by atoms with Gasteiger partial charge in [0.1, 0.15) is 0 Å². The van der Waals surface area contributed by atoms with E-state index < -0.39 is 0 Å². The van der Waals surface area contributed by atoms with Crippen LogP contribution in [0.15, 0.2) is 48.9 Å². The van der Waals surface area contributed by atoms with E-state index in [4.69, 9.17) is 11.6 Å². The minimum absolute atomic E-state index is 0.00819. The van der Waals surface area contributed by atoms with Crippen molar-refractivity contribution < 1.29 is 4.79 Å². The third kappa shape index (κ3) is 5.41. The van der Waals surface area contributed by atoms with Crippen LogP contribution < -0.4 is 0 Å². The van der Waals surface area contributed by atoms with Crippen molar-refractivity contribution in [3.05, 3.63) is 65.1 Å². The van der Waals surface area contributed by atoms with E-state index >= 15 is 0 Å². The van der Waals surface area contributed by atoms with Crippen LogP contribution in [0.25, 0.3) is 10.9 Å². The molecule has 0 aliphatic carbocycles. The maximum absolute atomic E-state index is 13.7. The minimum atomic E-state index is 0.00819. The lowest BCUT2D eigenvalue weighted by molar-refractivity contribution is 0.0731. The van der Waals surface area contributed by atoms with Gasteiger partial charge in [-0.25, -0.2) is 0 Å². The maximum atomic E-state index is 13.7. The molecule has 0 radical (unpaired) electrons. The van der Waals surface area contributed by atoms with Crippen LogP contribution >= 0.6 is 11.6 Å². The number of aromatic nitrogens is 2. The molecule has 0 saturated heterocycles. The molecule has 3 rings (SSSR count). The number of aromatic amines is 1. The molecule has 0 aliphatic rings. The van der Waals surface area contributed by atoms with E-state index in [1.807, 2.05) is 49.5 Å². The predicted molar refractivity (Wildman–Crippen MR) is 124 cm³/mol. The molecule has 0 spiro atoms. The number of carbonyl (C=O) groups excluding carboxylic acids is 1. The molecule has 2 heterocycles. The molecule has 3 aromatic rings. The first-order valence-corrected chi connectivity index (χ1v) is 10.8. The monoisotopic (exact) mass is 426 g/mol. The smallest absolute Gasteiger partial charge is 0.256 e. The summed E-state index contributed by atoms with van der Waals surface area (Å²) in [6.07, 6.45) is 6.48. The molecule has 1 unspecified atom stereocenters. The zero-order valence-corrected chi connectivity index (χ0v) is 19.0. The van der Waals surface area contributed by atoms with Gasteiger partial charge in [-0.2, -0.15) is 0 Å². The number of likely N-dealkylation sites (N-methyl/N-ethyl adjacent to an activating group) is 1. The molecular formula is C24H31ClN4O. The molecule has 6 heteroatoms. The van der Waals surface area contributed by atoms with E-state index in [0.29, 0.717) is 29.6 Å². The van der Waals surface area contributed by atoms with E-state index in [9.17, 15) is 4.79 Å². The van der Waals surface area contributed by atoms with E-state index in [2.05, 4.69) is 34.8 Å². The van der Waals surface area contributed by atoms with Gasteiger partial charge in [0, 0.05) is 55.0 Å². The van der Waals surface area contributed by atoms with Crippen molar-refractivity contribution in [2.75, 3.05) is 33.7 Å². The third-order valence-corrected chi connectivity index (χ3v) is 5.66. The second-order valence-electron chi connectivity index (χ2n) is 8.53. The molecule has 2 aromatic heterocycles. The Morgan fingerprint density at radius 2 is 1.97 bits per heavy atom. The number of benzene rings is 1. The topological polar surface area (TPSA) is 52.2 Å². The van der Waals surface area contributed by atoms with E-state index in [1.165, 1.54) is 5.56 Å². The fourth-order valence-corrected chi connectivity index (χ4v) is 4.12. The normalized spacial score (nSPS) is 12.6. The van der Waals surface area contributed by atoms with Gasteiger partial charge in [-0.15, -0.1) is 0 Å². The number of pyridine rings is 1. The minimum Gasteiger partial charge on any atom is -0.360 e. The van der Waals surface area contributed by atoms with Gasteiger partial charge < -0.3 is 14.8 Å². The number of hydrogen-bond acceptors (Lipinski definition) is 3. The van der Waals surface area contributed by atoms with Crippen molar-refractivity contribution in [1.82, 2.24) is 19.8 Å². The third-order valence-electron chi connectivity index (χ3n) is 5.34. The molecule has 1 aromatic carbocycles. The Hall–Kier alpha value is -2.37. The Morgan fingerprint density at radius 3 is 2.63 bits per heavy atom. The Kier molecular flexibility index (Phi) is 7.51. The number of carbonyl (C=O) groups is 1. The van der Waals surface area contributed by atoms with E-state index in [1.54, 1.807) is 12.4 Å². The molecule has 0 bridgehead atoms. The summed E-state index contributed by atoms with van der Waals surface area (Å²) in [5.41, 5.74) is 2.68. The van der Waals surface area contributed by atoms with Gasteiger partial charge in [0.15, 0.2) is 0 Å². The lowest BCUT2D eigenvalue weighted by atomic mass is 9.90. The molecule has 0 fully saturated rings. The summed E-state index contributed by atoms with van der Waals surface area (Å²) in [5.74, 6) is 0.753. The fraction of sp³-hybridized carbons (Fsp3) is 0.417. The van der Waals surface area contributed by atoms with Gasteiger partial charge in [0.05, 0.1) is 10.6 Å². The Morgan fingerprint density at radius 1 is 1.17 bits per heavy atom. The first-order valence-electron chi connectivity index (χ1n) is 10.5. The molecule has 0 aliphatic heterocycles. The number of amides is 1. The lowest BCUT2D eigenvalue weighted by Gasteiger charge is -2.30. The first kappa shape index (κ1) is 22.3. The molecule has 160 valence electrons. The average Bonchev–Trinajstić information content (AvgIpc) is 3.15. The van der Waals surface area contributed by atoms with Crippen LogP contribution in [-0.4, -0.2) is 59.4 Å². The highest BCUT2D eigenvalue weighted by molar-refractivity contribution is 6.36. The van der Waals surface area contributed by atoms with Gasteiger partial charge in [-0.1, -0.05) is 37.6 Å². The second kappa shape index (κ2) is 10.1. The van der Waals surface area contributed by atoms with Crippen molar-refractivity contribution in [2.24, 2.45) is 5.92 Å². The summed E-state index contributed by atoms with van der Waals surface area (Å²) in [6.45, 7) is 6.53. The van der Waals surface area contributed by atoms with E-state index in [-0.39, 0.29) is 11.8 Å². The Labute approximate surface area is 184 Å². The molecule has 30 heavy (non-hydrogen) atoms. The molecular weight excluding hydrogens is 396 g/mol. The average molecular weight is 427 g/mol. The van der Waals surface area contributed by atoms with Gasteiger partial charge in [-0.3, -0.25) is 9.78 Å². The summed E-state index contributed by atoms with van der Waals surface area (Å²) in [6, 6.07) is 9.74. The summed E-state index contributed by atoms with van der Waals surface area (Å²) in [7, 11) is 4.05. The Balaban J connectivity index is 1.93. The van der Waals surface area contributed by atoms with Crippen LogP contribution in [0.1, 0.15) is 42.1 Å². The van der Waals surface area contributed by atoms with Crippen molar-refractivity contribution in [3.8, 4) is 0 Å². The van der Waals surface area contributed by atoms with Crippen molar-refractivity contribution in [2.45, 2.75) is 26.2 Å². The van der Waals surface area contributed by atoms with Gasteiger partial charge >= 0.3 is 0 Å². The van der Waals surface area contributed by atoms with Crippen molar-refractivity contribution in [3.63, 3.8) is 0 Å². The number of H-pyrrole nitrogens is 1. The van der Waals surface area contributed by atoms with Crippen LogP contribution in [0.3, 0.4) is 0 Å². The number of halogens is 1. The van der Waals surface area contributed by atoms with Gasteiger partial charge in [0.2, 0.25) is 0 Å². The maximum Gasteiger partial charge on any atom is 0.256 e. The van der Waals surface area contributed by atoms with E-state index in [0.717, 1.165) is 23.9 Å². The summed E-state index contributed by atoms with van der Waals surface area (Å²) in [4.78, 5) is 25.2. The zero-order valence-electron chi connectivity index (χ0n) is 18.2. The van der Waals surface area contributed by atoms with Gasteiger partial charge in [0.25, 0.3) is 5.91 Å². The summed E-state index contributed by atoms with van der Waals surface area (Å²) in [5, 5.41) is 1.39. The number of nitrogens with zero attached hydrogens (tertiary/aromatic N) is 3. The molecule has 1 atom stereocenters. The molecule has 5 nitrogen and oxygen atoms in total. The molecule has 0 saturated carbocycles.